The smallest absolute Gasteiger partial charge is 0.214 e. The van der Waals surface area contributed by atoms with Crippen LogP contribution in [0.25, 0.3) is 38.5 Å². The summed E-state index contributed by atoms with van der Waals surface area (Å²) < 4.78 is 4.25. The molecular formula is C31H23N2O3+. The van der Waals surface area contributed by atoms with Crippen LogP contribution in [0.15, 0.2) is 95.8 Å². The number of carbonyl (C=O) groups excluding carboxylic acids is 1. The molecule has 5 aromatic rings. The lowest BCUT2D eigenvalue weighted by atomic mass is 9.86. The number of benzene rings is 4. The van der Waals surface area contributed by atoms with Gasteiger partial charge in [-0.2, -0.15) is 9.46 Å². The van der Waals surface area contributed by atoms with Gasteiger partial charge in [-0.15, -0.1) is 0 Å². The fourth-order valence-electron chi connectivity index (χ4n) is 5.74. The highest BCUT2D eigenvalue weighted by Crippen LogP contribution is 2.38. The Bertz CT molecular complexity index is 1920. The van der Waals surface area contributed by atoms with Crippen LogP contribution >= 0.6 is 0 Å². The first-order chi connectivity index (χ1) is 17.6. The van der Waals surface area contributed by atoms with Gasteiger partial charge in [0.1, 0.15) is 7.05 Å². The van der Waals surface area contributed by atoms with E-state index in [1.165, 1.54) is 28.7 Å². The summed E-state index contributed by atoms with van der Waals surface area (Å²) in [6.45, 7) is 0. The topological polar surface area (TPSA) is 43.5 Å². The summed E-state index contributed by atoms with van der Waals surface area (Å²) in [5.74, 6) is 0.394. The molecule has 0 atom stereocenters. The minimum absolute atomic E-state index is 0.0601. The van der Waals surface area contributed by atoms with Crippen LogP contribution in [0.3, 0.4) is 0 Å². The summed E-state index contributed by atoms with van der Waals surface area (Å²) in [6.07, 6.45) is 3.84. The van der Waals surface area contributed by atoms with Crippen LogP contribution in [0, 0.1) is 0 Å². The summed E-state index contributed by atoms with van der Waals surface area (Å²) in [7, 11) is 5.51. The van der Waals surface area contributed by atoms with Crippen molar-refractivity contribution < 1.29 is 19.1 Å². The van der Waals surface area contributed by atoms with E-state index in [1.54, 1.807) is 0 Å². The second-order valence-corrected chi connectivity index (χ2v) is 9.27. The highest BCUT2D eigenvalue weighted by molar-refractivity contribution is 6.29. The Morgan fingerprint density at radius 3 is 2.33 bits per heavy atom. The summed E-state index contributed by atoms with van der Waals surface area (Å²) >= 11 is 0. The van der Waals surface area contributed by atoms with Crippen molar-refractivity contribution in [1.82, 2.24) is 4.57 Å². The van der Waals surface area contributed by atoms with Gasteiger partial charge in [-0.1, -0.05) is 54.6 Å². The SMILES string of the molecule is COOC1=C(/C=c2\c3cccc4cccc(c43)n2C)C(=O)/C1=C/C1=[N+](C)c2cccc3cccc1c23. The minimum Gasteiger partial charge on any atom is -0.344 e. The summed E-state index contributed by atoms with van der Waals surface area (Å²) in [6, 6.07) is 25.1. The van der Waals surface area contributed by atoms with Crippen LogP contribution in [0.2, 0.25) is 0 Å². The van der Waals surface area contributed by atoms with E-state index >= 15 is 0 Å². The molecule has 174 valence electrons. The number of hydrogen-bond donors (Lipinski definition) is 0. The molecule has 0 N–H and O–H groups in total. The van der Waals surface area contributed by atoms with Crippen molar-refractivity contribution in [2.45, 2.75) is 0 Å². The summed E-state index contributed by atoms with van der Waals surface area (Å²) in [5.41, 5.74) is 5.33. The third-order valence-corrected chi connectivity index (χ3v) is 7.47. The lowest BCUT2D eigenvalue weighted by Crippen LogP contribution is -2.27. The molecule has 0 spiro atoms. The number of carbonyl (C=O) groups is 1. The van der Waals surface area contributed by atoms with Crippen molar-refractivity contribution in [2.75, 3.05) is 14.2 Å². The fourth-order valence-corrected chi connectivity index (χ4v) is 5.74. The molecule has 7 rings (SSSR count). The molecule has 1 aliphatic heterocycles. The molecule has 0 fully saturated rings. The van der Waals surface area contributed by atoms with Gasteiger partial charge in [-0.25, -0.2) is 0 Å². The van der Waals surface area contributed by atoms with Crippen LogP contribution in [0.5, 0.6) is 0 Å². The van der Waals surface area contributed by atoms with Crippen molar-refractivity contribution in [1.29, 1.82) is 0 Å². The molecule has 0 saturated carbocycles. The highest BCUT2D eigenvalue weighted by atomic mass is 17.2. The molecule has 0 radical (unpaired) electrons. The number of nitrogens with zero attached hydrogens (tertiary/aromatic N) is 2. The second kappa shape index (κ2) is 7.51. The molecule has 0 unspecified atom stereocenters. The Labute approximate surface area is 207 Å². The first-order valence-corrected chi connectivity index (χ1v) is 11.9. The fraction of sp³-hybridized carbons (Fsp3) is 0.0968. The van der Waals surface area contributed by atoms with E-state index in [1.807, 2.05) is 38.4 Å². The molecule has 0 bridgehead atoms. The van der Waals surface area contributed by atoms with Crippen molar-refractivity contribution in [3.8, 4) is 0 Å². The van der Waals surface area contributed by atoms with Crippen LogP contribution in [-0.4, -0.2) is 34.8 Å². The van der Waals surface area contributed by atoms with Crippen molar-refractivity contribution in [3.63, 3.8) is 0 Å². The Morgan fingerprint density at radius 2 is 1.56 bits per heavy atom. The summed E-state index contributed by atoms with van der Waals surface area (Å²) in [4.78, 5) is 24.1. The molecule has 2 heterocycles. The number of allylic oxidation sites excluding steroid dienone is 3. The molecule has 4 aromatic carbocycles. The molecule has 1 aliphatic carbocycles. The molecule has 5 heteroatoms. The zero-order valence-corrected chi connectivity index (χ0v) is 20.2. The number of hydrogen-bond acceptors (Lipinski definition) is 3. The van der Waals surface area contributed by atoms with Gasteiger partial charge in [0.25, 0.3) is 0 Å². The standard InChI is InChI=1S/C31H23N2O3/c1-32-24-14-6-10-18-8-4-12-20(28(18)24)26(32)16-22-30(34)23(31(22)36-35-3)17-27-21-13-5-9-19-11-7-15-25(29(19)21)33(27)2/h4-17H,1-3H3/q+1. The third kappa shape index (κ3) is 2.69. The molecule has 5 nitrogen and oxygen atoms in total. The zero-order valence-electron chi connectivity index (χ0n) is 20.2. The lowest BCUT2D eigenvalue weighted by molar-refractivity contribution is -0.399. The average Bonchev–Trinajstić information content (AvgIpc) is 3.34. The number of Topliss-reactive ketones (excluding diaryl/α,β-unsaturated/α-hetero) is 1. The first kappa shape index (κ1) is 20.9. The number of aryl methyl sites for hydroxylation is 1. The number of ketones is 1. The first-order valence-electron chi connectivity index (χ1n) is 11.9. The maximum atomic E-state index is 13.5. The van der Waals surface area contributed by atoms with Gasteiger partial charge in [0.15, 0.2) is 5.76 Å². The van der Waals surface area contributed by atoms with Crippen LogP contribution in [-0.2, 0) is 21.6 Å². The predicted octanol–water partition coefficient (Wildman–Crippen LogP) is 5.10. The van der Waals surface area contributed by atoms with E-state index in [2.05, 4.69) is 69.8 Å². The monoisotopic (exact) mass is 471 g/mol. The Hall–Kier alpha value is -4.48. The predicted molar refractivity (Wildman–Crippen MR) is 142 cm³/mol. The Kier molecular flexibility index (Phi) is 4.35. The van der Waals surface area contributed by atoms with Gasteiger partial charge in [0, 0.05) is 40.8 Å². The van der Waals surface area contributed by atoms with E-state index in [0.29, 0.717) is 16.9 Å². The van der Waals surface area contributed by atoms with Gasteiger partial charge in [-0.3, -0.25) is 4.79 Å². The largest absolute Gasteiger partial charge is 0.344 e. The number of aromatic nitrogens is 1. The van der Waals surface area contributed by atoms with Crippen LogP contribution in [0.4, 0.5) is 5.69 Å². The van der Waals surface area contributed by atoms with Crippen LogP contribution in [0.1, 0.15) is 5.56 Å². The molecule has 1 aromatic heterocycles. The normalized spacial score (nSPS) is 16.9. The Morgan fingerprint density at radius 1 is 0.861 bits per heavy atom. The quantitative estimate of drug-likeness (QED) is 0.159. The molecule has 0 amide bonds. The summed E-state index contributed by atoms with van der Waals surface area (Å²) in [5, 5.41) is 6.81. The number of rotatable bonds is 4. The van der Waals surface area contributed by atoms with E-state index < -0.39 is 0 Å². The third-order valence-electron chi connectivity index (χ3n) is 7.47. The maximum Gasteiger partial charge on any atom is 0.214 e. The zero-order chi connectivity index (χ0) is 24.6. The van der Waals surface area contributed by atoms with Gasteiger partial charge in [0.2, 0.25) is 17.2 Å². The van der Waals surface area contributed by atoms with Gasteiger partial charge >= 0.3 is 0 Å². The van der Waals surface area contributed by atoms with Crippen molar-refractivity contribution >= 4 is 55.7 Å². The lowest BCUT2D eigenvalue weighted by Gasteiger charge is -2.21. The van der Waals surface area contributed by atoms with Crippen molar-refractivity contribution in [3.05, 3.63) is 107 Å². The van der Waals surface area contributed by atoms with Crippen LogP contribution < -0.4 is 5.35 Å². The Balaban J connectivity index is 1.42. The van der Waals surface area contributed by atoms with Crippen molar-refractivity contribution in [2.24, 2.45) is 7.05 Å². The molecule has 0 saturated heterocycles. The molecular weight excluding hydrogens is 448 g/mol. The average molecular weight is 472 g/mol. The molecule has 2 aliphatic rings. The maximum absolute atomic E-state index is 13.5. The van der Waals surface area contributed by atoms with Gasteiger partial charge in [-0.05, 0) is 29.0 Å². The highest BCUT2D eigenvalue weighted by Gasteiger charge is 2.38. The minimum atomic E-state index is -0.0601. The second-order valence-electron chi connectivity index (χ2n) is 9.27. The van der Waals surface area contributed by atoms with E-state index in [-0.39, 0.29) is 5.78 Å². The molecule has 36 heavy (non-hydrogen) atoms. The van der Waals surface area contributed by atoms with E-state index in [0.717, 1.165) is 33.2 Å². The van der Waals surface area contributed by atoms with Gasteiger partial charge < -0.3 is 9.45 Å². The van der Waals surface area contributed by atoms with E-state index in [4.69, 9.17) is 9.78 Å². The van der Waals surface area contributed by atoms with Gasteiger partial charge in [0.05, 0.1) is 29.2 Å². The van der Waals surface area contributed by atoms with E-state index in [9.17, 15) is 4.79 Å².